The average molecular weight is 823 g/mol. The van der Waals surface area contributed by atoms with Crippen LogP contribution in [0.25, 0.3) is 21.3 Å². The van der Waals surface area contributed by atoms with Gasteiger partial charge in [-0.3, -0.25) is 0 Å². The number of hydrogen-bond acceptors (Lipinski definition) is 15. The number of imidazole rings is 1. The van der Waals surface area contributed by atoms with Crippen molar-refractivity contribution in [2.24, 2.45) is 11.7 Å². The molecule has 16 heteroatoms. The Hall–Kier alpha value is -2.06. The molecule has 4 N–H and O–H groups in total. The van der Waals surface area contributed by atoms with Crippen LogP contribution >= 0.6 is 11.3 Å². The van der Waals surface area contributed by atoms with Gasteiger partial charge in [-0.1, -0.05) is 13.3 Å². The summed E-state index contributed by atoms with van der Waals surface area (Å²) in [5, 5.41) is 0. The molecule has 2 saturated heterocycles. The fourth-order valence-corrected chi connectivity index (χ4v) is 8.54. The van der Waals surface area contributed by atoms with Crippen molar-refractivity contribution in [1.29, 1.82) is 0 Å². The molecule has 0 saturated carbocycles. The summed E-state index contributed by atoms with van der Waals surface area (Å²) in [4.78, 5) is 13.9. The zero-order valence-corrected chi connectivity index (χ0v) is 35.3. The third-order valence-corrected chi connectivity index (χ3v) is 11.7. The first-order chi connectivity index (χ1) is 28.2. The summed E-state index contributed by atoms with van der Waals surface area (Å²) in [6.07, 6.45) is 7.68. The molecule has 3 aromatic rings. The van der Waals surface area contributed by atoms with Gasteiger partial charge in [-0.15, -0.1) is 11.3 Å². The van der Waals surface area contributed by atoms with Crippen molar-refractivity contribution >= 4 is 38.4 Å². The molecule has 0 aliphatic carbocycles. The second-order valence-corrected chi connectivity index (χ2v) is 15.7. The van der Waals surface area contributed by atoms with Crippen molar-refractivity contribution in [3.63, 3.8) is 0 Å². The highest BCUT2D eigenvalue weighted by Gasteiger charge is 2.26. The van der Waals surface area contributed by atoms with Crippen molar-refractivity contribution in [2.45, 2.75) is 64.3 Å². The lowest BCUT2D eigenvalue weighted by Crippen LogP contribution is -2.37. The molecular weight excluding hydrogens is 753 g/mol. The number of unbranched alkanes of at least 4 members (excludes halogenated alkanes) is 1. The molecule has 2 fully saturated rings. The molecule has 57 heavy (non-hydrogen) atoms. The Morgan fingerprint density at radius 2 is 1.25 bits per heavy atom. The molecule has 0 radical (unpaired) electrons. The van der Waals surface area contributed by atoms with E-state index in [9.17, 15) is 0 Å². The first-order valence-electron chi connectivity index (χ1n) is 21.4. The van der Waals surface area contributed by atoms with Gasteiger partial charge in [0.2, 0.25) is 0 Å². The van der Waals surface area contributed by atoms with E-state index in [0.29, 0.717) is 130 Å². The van der Waals surface area contributed by atoms with Crippen LogP contribution in [-0.4, -0.2) is 165 Å². The Labute approximate surface area is 343 Å². The minimum Gasteiger partial charge on any atom is -0.382 e. The molecule has 5 heterocycles. The smallest absolute Gasteiger partial charge is 0.152 e. The van der Waals surface area contributed by atoms with E-state index in [2.05, 4.69) is 22.5 Å². The topological polar surface area (TPSA) is 169 Å². The standard InChI is InChI=1S/C41H70N6O9S/c1-2-3-4-37-45-38-39(40-35(44-41(38)43)31-36(57-40)34-7-13-48-14-8-34)47(37)32-33-5-10-46(11-6-33)12-16-50-18-20-52-22-24-54-26-28-56-30-29-55-27-25-53-23-21-51-19-17-49-15-9-42/h31,33-34H,2-30,32,42H2,1H3,(H2,43,44). The number of aryl methyl sites for hydroxylation is 1. The lowest BCUT2D eigenvalue weighted by atomic mass is 9.96. The summed E-state index contributed by atoms with van der Waals surface area (Å²) in [5.41, 5.74) is 15.0. The Balaban J connectivity index is 0.869. The first kappa shape index (κ1) is 46.0. The number of pyridine rings is 1. The molecule has 0 amide bonds. The van der Waals surface area contributed by atoms with E-state index in [1.54, 1.807) is 0 Å². The second-order valence-electron chi connectivity index (χ2n) is 14.7. The van der Waals surface area contributed by atoms with Crippen LogP contribution in [0.2, 0.25) is 0 Å². The number of piperidine rings is 1. The minimum atomic E-state index is 0.523. The van der Waals surface area contributed by atoms with Gasteiger partial charge in [-0.05, 0) is 63.1 Å². The van der Waals surface area contributed by atoms with Crippen molar-refractivity contribution < 1.29 is 42.6 Å². The maximum atomic E-state index is 6.58. The van der Waals surface area contributed by atoms with Gasteiger partial charge in [0.25, 0.3) is 0 Å². The monoisotopic (exact) mass is 822 g/mol. The first-order valence-corrected chi connectivity index (χ1v) is 22.2. The van der Waals surface area contributed by atoms with Crippen molar-refractivity contribution in [2.75, 3.05) is 151 Å². The van der Waals surface area contributed by atoms with Crippen LogP contribution in [0.15, 0.2) is 6.07 Å². The lowest BCUT2D eigenvalue weighted by Gasteiger charge is -2.32. The number of nitrogen functional groups attached to an aromatic ring is 1. The molecule has 2 aliphatic rings. The highest BCUT2D eigenvalue weighted by Crippen LogP contribution is 2.40. The molecule has 0 aromatic carbocycles. The predicted octanol–water partition coefficient (Wildman–Crippen LogP) is 4.27. The molecular formula is C41H70N6O9S. The Kier molecular flexibility index (Phi) is 22.3. The van der Waals surface area contributed by atoms with Crippen molar-refractivity contribution in [3.05, 3.63) is 16.8 Å². The largest absolute Gasteiger partial charge is 0.382 e. The number of aromatic nitrogens is 3. The fourth-order valence-electron chi connectivity index (χ4n) is 7.22. The van der Waals surface area contributed by atoms with Crippen LogP contribution in [0, 0.1) is 5.92 Å². The maximum absolute atomic E-state index is 6.58. The summed E-state index contributed by atoms with van der Waals surface area (Å²) in [6.45, 7) is 17.3. The highest BCUT2D eigenvalue weighted by molar-refractivity contribution is 7.20. The summed E-state index contributed by atoms with van der Waals surface area (Å²) < 4.78 is 53.7. The molecule has 2 aliphatic heterocycles. The SMILES string of the molecule is CCCCc1nc2c(N)nc3cc(C4CCOCC4)sc3c2n1CC1CCN(CCOCCOCCOCCOCCOCCOCCOCCOCCN)CC1. The molecule has 324 valence electrons. The van der Waals surface area contributed by atoms with Gasteiger partial charge < -0.3 is 63.6 Å². The number of nitrogens with zero attached hydrogens (tertiary/aromatic N) is 4. The van der Waals surface area contributed by atoms with Gasteiger partial charge in [0, 0.05) is 44.1 Å². The third-order valence-electron chi connectivity index (χ3n) is 10.4. The highest BCUT2D eigenvalue weighted by atomic mass is 32.1. The Bertz CT molecular complexity index is 1500. The van der Waals surface area contributed by atoms with Crippen LogP contribution in [-0.2, 0) is 55.6 Å². The van der Waals surface area contributed by atoms with E-state index in [4.69, 9.17) is 64.1 Å². The van der Waals surface area contributed by atoms with E-state index >= 15 is 0 Å². The number of hydrogen-bond donors (Lipinski definition) is 2. The molecule has 3 aromatic heterocycles. The maximum Gasteiger partial charge on any atom is 0.152 e. The number of nitrogens with two attached hydrogens (primary N) is 2. The normalized spacial score (nSPS) is 16.2. The van der Waals surface area contributed by atoms with Gasteiger partial charge in [-0.2, -0.15) is 0 Å². The minimum absolute atomic E-state index is 0.523. The molecule has 0 atom stereocenters. The summed E-state index contributed by atoms with van der Waals surface area (Å²) in [6, 6.07) is 2.28. The molecule has 5 rings (SSSR count). The summed E-state index contributed by atoms with van der Waals surface area (Å²) in [7, 11) is 0. The number of thiophene rings is 1. The van der Waals surface area contributed by atoms with Crippen LogP contribution in [0.3, 0.4) is 0 Å². The zero-order chi connectivity index (χ0) is 39.8. The molecule has 0 spiro atoms. The summed E-state index contributed by atoms with van der Waals surface area (Å²) >= 11 is 1.89. The molecule has 0 unspecified atom stereocenters. The third kappa shape index (κ3) is 16.1. The lowest BCUT2D eigenvalue weighted by molar-refractivity contribution is -0.0234. The van der Waals surface area contributed by atoms with E-state index in [1.165, 1.54) is 15.1 Å². The Morgan fingerprint density at radius 3 is 1.77 bits per heavy atom. The number of rotatable bonds is 32. The molecule has 15 nitrogen and oxygen atoms in total. The van der Waals surface area contributed by atoms with Crippen molar-refractivity contribution in [3.8, 4) is 0 Å². The number of fused-ring (bicyclic) bond motifs is 3. The Morgan fingerprint density at radius 1 is 0.719 bits per heavy atom. The van der Waals surface area contributed by atoms with Crippen LogP contribution in [0.1, 0.15) is 62.1 Å². The number of anilines is 1. The average Bonchev–Trinajstić information content (AvgIpc) is 3.82. The van der Waals surface area contributed by atoms with Crippen LogP contribution < -0.4 is 11.5 Å². The van der Waals surface area contributed by atoms with Crippen molar-refractivity contribution in [1.82, 2.24) is 19.4 Å². The second kappa shape index (κ2) is 27.7. The van der Waals surface area contributed by atoms with E-state index < -0.39 is 0 Å². The quantitative estimate of drug-likeness (QED) is 0.0857. The van der Waals surface area contributed by atoms with E-state index in [1.807, 2.05) is 11.3 Å². The number of ether oxygens (including phenoxy) is 9. The van der Waals surface area contributed by atoms with E-state index in [-0.39, 0.29) is 0 Å². The van der Waals surface area contributed by atoms with Crippen LogP contribution in [0.4, 0.5) is 5.82 Å². The van der Waals surface area contributed by atoms with Gasteiger partial charge in [0.05, 0.1) is 121 Å². The van der Waals surface area contributed by atoms with E-state index in [0.717, 1.165) is 101 Å². The van der Waals surface area contributed by atoms with Gasteiger partial charge in [0.15, 0.2) is 5.82 Å². The van der Waals surface area contributed by atoms with Crippen LogP contribution in [0.5, 0.6) is 0 Å². The number of likely N-dealkylation sites (tertiary alicyclic amines) is 1. The zero-order valence-electron chi connectivity index (χ0n) is 34.5. The summed E-state index contributed by atoms with van der Waals surface area (Å²) in [5.74, 6) is 2.84. The van der Waals surface area contributed by atoms with Gasteiger partial charge >= 0.3 is 0 Å². The predicted molar refractivity (Wildman–Crippen MR) is 223 cm³/mol. The van der Waals surface area contributed by atoms with Gasteiger partial charge in [-0.25, -0.2) is 9.97 Å². The van der Waals surface area contributed by atoms with Gasteiger partial charge in [0.1, 0.15) is 11.3 Å². The fraction of sp³-hybridized carbons (Fsp3) is 0.805. The molecule has 0 bridgehead atoms.